The Bertz CT molecular complexity index is 910. The first-order valence-electron chi connectivity index (χ1n) is 9.02. The van der Waals surface area contributed by atoms with Crippen molar-refractivity contribution in [2.45, 2.75) is 25.4 Å². The van der Waals surface area contributed by atoms with Crippen LogP contribution in [0.4, 0.5) is 5.82 Å². The molecule has 1 unspecified atom stereocenters. The van der Waals surface area contributed by atoms with E-state index in [0.717, 1.165) is 31.5 Å². The minimum atomic E-state index is -0.240. The van der Waals surface area contributed by atoms with Gasteiger partial charge in [-0.3, -0.25) is 9.48 Å². The van der Waals surface area contributed by atoms with Crippen LogP contribution < -0.4 is 10.6 Å². The molecule has 1 fully saturated rings. The summed E-state index contributed by atoms with van der Waals surface area (Å²) in [6.45, 7) is 2.47. The summed E-state index contributed by atoms with van der Waals surface area (Å²) in [6, 6.07) is 11.4. The van der Waals surface area contributed by atoms with Crippen LogP contribution in [-0.4, -0.2) is 38.6 Å². The van der Waals surface area contributed by atoms with Gasteiger partial charge in [0, 0.05) is 23.8 Å². The number of benzene rings is 1. The summed E-state index contributed by atoms with van der Waals surface area (Å²) < 4.78 is 3.62. The van der Waals surface area contributed by atoms with E-state index < -0.39 is 0 Å². The normalized spacial score (nSPS) is 17.0. The average Bonchev–Trinajstić information content (AvgIpc) is 3.34. The molecule has 140 valence electrons. The van der Waals surface area contributed by atoms with E-state index in [9.17, 15) is 4.79 Å². The fourth-order valence-electron chi connectivity index (χ4n) is 3.23. The maximum atomic E-state index is 12.6. The van der Waals surface area contributed by atoms with Crippen molar-refractivity contribution in [2.24, 2.45) is 0 Å². The number of aromatic nitrogens is 4. The summed E-state index contributed by atoms with van der Waals surface area (Å²) in [6.07, 6.45) is 5.73. The molecule has 0 bridgehead atoms. The summed E-state index contributed by atoms with van der Waals surface area (Å²) in [5.74, 6) is 0.388. The van der Waals surface area contributed by atoms with Gasteiger partial charge < -0.3 is 10.6 Å². The van der Waals surface area contributed by atoms with Crippen molar-refractivity contribution in [3.63, 3.8) is 0 Å². The van der Waals surface area contributed by atoms with Crippen LogP contribution in [0.25, 0.3) is 0 Å². The van der Waals surface area contributed by atoms with Gasteiger partial charge in [0.1, 0.15) is 5.82 Å². The number of anilines is 1. The minimum Gasteiger partial charge on any atom is -0.315 e. The lowest BCUT2D eigenvalue weighted by molar-refractivity contribution is 0.102. The Hall–Kier alpha value is -2.64. The monoisotopic (exact) mass is 384 g/mol. The number of hydrogen-bond acceptors (Lipinski definition) is 4. The molecule has 3 aromatic rings. The van der Waals surface area contributed by atoms with Gasteiger partial charge in [-0.1, -0.05) is 23.7 Å². The fourth-order valence-corrected chi connectivity index (χ4v) is 3.36. The molecule has 2 N–H and O–H groups in total. The van der Waals surface area contributed by atoms with Crippen molar-refractivity contribution in [3.8, 4) is 0 Å². The first-order chi connectivity index (χ1) is 13.2. The highest BCUT2D eigenvalue weighted by atomic mass is 35.5. The lowest BCUT2D eigenvalue weighted by Crippen LogP contribution is -2.32. The van der Waals surface area contributed by atoms with E-state index in [1.165, 1.54) is 0 Å². The second-order valence-corrected chi connectivity index (χ2v) is 7.07. The second kappa shape index (κ2) is 7.94. The number of carbonyl (C=O) groups is 1. The van der Waals surface area contributed by atoms with Crippen LogP contribution in [0.5, 0.6) is 0 Å². The number of rotatable bonds is 5. The smallest absolute Gasteiger partial charge is 0.277 e. The van der Waals surface area contributed by atoms with Crippen LogP contribution in [0.1, 0.15) is 34.9 Å². The molecule has 3 heterocycles. The molecular weight excluding hydrogens is 364 g/mol. The Morgan fingerprint density at radius 1 is 1.26 bits per heavy atom. The molecule has 0 aliphatic carbocycles. The molecule has 0 saturated carbocycles. The molecule has 2 aromatic heterocycles. The molecule has 27 heavy (non-hydrogen) atoms. The first kappa shape index (κ1) is 17.8. The lowest BCUT2D eigenvalue weighted by atomic mass is 10.1. The molecule has 8 heteroatoms. The molecule has 1 aliphatic rings. The van der Waals surface area contributed by atoms with Crippen molar-refractivity contribution in [1.82, 2.24) is 24.9 Å². The number of amides is 1. The van der Waals surface area contributed by atoms with E-state index in [2.05, 4.69) is 20.8 Å². The zero-order valence-electron chi connectivity index (χ0n) is 14.8. The SMILES string of the molecule is O=C(Nc1ccnn1Cc1ccc(Cl)cc1)c1ccn(C2CCCNC2)n1. The van der Waals surface area contributed by atoms with E-state index in [1.54, 1.807) is 23.0 Å². The highest BCUT2D eigenvalue weighted by Crippen LogP contribution is 2.17. The van der Waals surface area contributed by atoms with Crippen LogP contribution in [0.2, 0.25) is 5.02 Å². The van der Waals surface area contributed by atoms with Gasteiger partial charge in [0.25, 0.3) is 5.91 Å². The van der Waals surface area contributed by atoms with Gasteiger partial charge in [-0.2, -0.15) is 10.2 Å². The van der Waals surface area contributed by atoms with Gasteiger partial charge in [0.05, 0.1) is 18.8 Å². The van der Waals surface area contributed by atoms with E-state index in [1.807, 2.05) is 35.1 Å². The largest absolute Gasteiger partial charge is 0.315 e. The minimum absolute atomic E-state index is 0.240. The number of nitrogens with one attached hydrogen (secondary N) is 2. The predicted molar refractivity (Wildman–Crippen MR) is 104 cm³/mol. The third kappa shape index (κ3) is 4.20. The average molecular weight is 385 g/mol. The highest BCUT2D eigenvalue weighted by Gasteiger charge is 2.18. The number of piperidine rings is 1. The van der Waals surface area contributed by atoms with Gasteiger partial charge in [-0.05, 0) is 43.1 Å². The van der Waals surface area contributed by atoms with Gasteiger partial charge in [-0.15, -0.1) is 0 Å². The van der Waals surface area contributed by atoms with Crippen LogP contribution in [0, 0.1) is 0 Å². The zero-order valence-corrected chi connectivity index (χ0v) is 15.6. The molecule has 0 spiro atoms. The molecule has 1 saturated heterocycles. The topological polar surface area (TPSA) is 76.8 Å². The van der Waals surface area contributed by atoms with Gasteiger partial charge >= 0.3 is 0 Å². The standard InChI is InChI=1S/C19H21ClN6O/c20-15-5-3-14(4-6-15)13-26-18(7-10-22-26)23-19(27)17-8-11-25(24-17)16-2-1-9-21-12-16/h3-8,10-11,16,21H,1-2,9,12-13H2,(H,23,27). The maximum Gasteiger partial charge on any atom is 0.277 e. The van der Waals surface area contributed by atoms with Crippen LogP contribution in [0.3, 0.4) is 0 Å². The first-order valence-corrected chi connectivity index (χ1v) is 9.40. The van der Waals surface area contributed by atoms with Crippen LogP contribution in [-0.2, 0) is 6.54 Å². The zero-order chi connectivity index (χ0) is 18.6. The summed E-state index contributed by atoms with van der Waals surface area (Å²) in [5, 5.41) is 15.7. The van der Waals surface area contributed by atoms with Crippen LogP contribution >= 0.6 is 11.6 Å². The molecular formula is C19H21ClN6O. The Morgan fingerprint density at radius 3 is 2.89 bits per heavy atom. The fraction of sp³-hybridized carbons (Fsp3) is 0.316. The lowest BCUT2D eigenvalue weighted by Gasteiger charge is -2.22. The quantitative estimate of drug-likeness (QED) is 0.709. The molecule has 1 aromatic carbocycles. The Balaban J connectivity index is 1.43. The molecule has 1 aliphatic heterocycles. The summed E-state index contributed by atoms with van der Waals surface area (Å²) in [5.41, 5.74) is 1.45. The number of carbonyl (C=O) groups excluding carboxylic acids is 1. The maximum absolute atomic E-state index is 12.6. The van der Waals surface area contributed by atoms with Crippen molar-refractivity contribution in [1.29, 1.82) is 0 Å². The molecule has 1 amide bonds. The molecule has 7 nitrogen and oxygen atoms in total. The van der Waals surface area contributed by atoms with Crippen molar-refractivity contribution < 1.29 is 4.79 Å². The number of hydrogen-bond donors (Lipinski definition) is 2. The van der Waals surface area contributed by atoms with E-state index in [-0.39, 0.29) is 5.91 Å². The van der Waals surface area contributed by atoms with Gasteiger partial charge in [0.2, 0.25) is 0 Å². The Morgan fingerprint density at radius 2 is 2.11 bits per heavy atom. The van der Waals surface area contributed by atoms with Crippen molar-refractivity contribution in [3.05, 3.63) is 65.1 Å². The third-order valence-electron chi connectivity index (χ3n) is 4.69. The summed E-state index contributed by atoms with van der Waals surface area (Å²) in [7, 11) is 0. The second-order valence-electron chi connectivity index (χ2n) is 6.64. The van der Waals surface area contributed by atoms with E-state index in [4.69, 9.17) is 11.6 Å². The molecule has 4 rings (SSSR count). The highest BCUT2D eigenvalue weighted by molar-refractivity contribution is 6.30. The van der Waals surface area contributed by atoms with E-state index >= 15 is 0 Å². The van der Waals surface area contributed by atoms with Crippen LogP contribution in [0.15, 0.2) is 48.8 Å². The molecule has 0 radical (unpaired) electrons. The van der Waals surface area contributed by atoms with Gasteiger partial charge in [0.15, 0.2) is 5.69 Å². The third-order valence-corrected chi connectivity index (χ3v) is 4.94. The summed E-state index contributed by atoms with van der Waals surface area (Å²) >= 11 is 5.93. The number of halogens is 1. The Kier molecular flexibility index (Phi) is 5.22. The van der Waals surface area contributed by atoms with E-state index in [0.29, 0.717) is 29.1 Å². The van der Waals surface area contributed by atoms with Gasteiger partial charge in [-0.25, -0.2) is 4.68 Å². The summed E-state index contributed by atoms with van der Waals surface area (Å²) in [4.78, 5) is 12.6. The van der Waals surface area contributed by atoms with Crippen molar-refractivity contribution in [2.75, 3.05) is 18.4 Å². The molecule has 1 atom stereocenters. The number of nitrogens with zero attached hydrogens (tertiary/aromatic N) is 4. The predicted octanol–water partition coefficient (Wildman–Crippen LogP) is 2.96. The van der Waals surface area contributed by atoms with Crippen molar-refractivity contribution >= 4 is 23.3 Å². The Labute approximate surface area is 162 Å².